The van der Waals surface area contributed by atoms with Gasteiger partial charge in [0.05, 0.1) is 12.8 Å². The summed E-state index contributed by atoms with van der Waals surface area (Å²) in [6.07, 6.45) is 7.02. The van der Waals surface area contributed by atoms with Gasteiger partial charge in [-0.15, -0.1) is 0 Å². The Bertz CT molecular complexity index is 577. The highest BCUT2D eigenvalue weighted by atomic mass is 16.6. The van der Waals surface area contributed by atoms with Gasteiger partial charge in [0.1, 0.15) is 5.75 Å². The SMILES string of the molecule is COc1ccccc1C1=NOC(C(=O)NC2CCCCCC2)C1. The lowest BCUT2D eigenvalue weighted by atomic mass is 10.0. The molecule has 1 aromatic rings. The third-order valence-electron chi connectivity index (χ3n) is 4.58. The highest BCUT2D eigenvalue weighted by Crippen LogP contribution is 2.25. The number of hydrogen-bond acceptors (Lipinski definition) is 4. The van der Waals surface area contributed by atoms with Gasteiger partial charge in [0.25, 0.3) is 5.91 Å². The molecule has 5 heteroatoms. The van der Waals surface area contributed by atoms with Gasteiger partial charge in [0.2, 0.25) is 6.10 Å². The zero-order valence-corrected chi connectivity index (χ0v) is 13.6. The Morgan fingerprint density at radius 1 is 1.22 bits per heavy atom. The normalized spacial score (nSPS) is 22.0. The first-order chi connectivity index (χ1) is 11.3. The van der Waals surface area contributed by atoms with Crippen molar-refractivity contribution in [2.75, 3.05) is 7.11 Å². The number of rotatable bonds is 4. The molecule has 1 fully saturated rings. The quantitative estimate of drug-likeness (QED) is 0.869. The van der Waals surface area contributed by atoms with E-state index >= 15 is 0 Å². The number of benzene rings is 1. The molecule has 5 nitrogen and oxygen atoms in total. The van der Waals surface area contributed by atoms with Crippen LogP contribution in [0.2, 0.25) is 0 Å². The minimum atomic E-state index is -0.529. The van der Waals surface area contributed by atoms with Crippen molar-refractivity contribution < 1.29 is 14.4 Å². The smallest absolute Gasteiger partial charge is 0.264 e. The van der Waals surface area contributed by atoms with Crippen molar-refractivity contribution >= 4 is 11.6 Å². The molecule has 0 saturated heterocycles. The second-order valence-corrected chi connectivity index (χ2v) is 6.23. The third kappa shape index (κ3) is 3.84. The molecule has 1 atom stereocenters. The number of oxime groups is 1. The summed E-state index contributed by atoms with van der Waals surface area (Å²) >= 11 is 0. The topological polar surface area (TPSA) is 59.9 Å². The number of ether oxygens (including phenoxy) is 1. The third-order valence-corrected chi connectivity index (χ3v) is 4.58. The molecule has 1 N–H and O–H groups in total. The highest BCUT2D eigenvalue weighted by molar-refractivity contribution is 6.05. The number of nitrogens with zero attached hydrogens (tertiary/aromatic N) is 1. The van der Waals surface area contributed by atoms with Crippen molar-refractivity contribution in [2.24, 2.45) is 5.16 Å². The predicted molar refractivity (Wildman–Crippen MR) is 88.7 cm³/mol. The monoisotopic (exact) mass is 316 g/mol. The zero-order chi connectivity index (χ0) is 16.1. The summed E-state index contributed by atoms with van der Waals surface area (Å²) < 4.78 is 5.35. The summed E-state index contributed by atoms with van der Waals surface area (Å²) in [5.74, 6) is 0.699. The number of hydrogen-bond donors (Lipinski definition) is 1. The molecule has 2 aliphatic rings. The first-order valence-corrected chi connectivity index (χ1v) is 8.44. The maximum atomic E-state index is 12.4. The van der Waals surface area contributed by atoms with Gasteiger partial charge in [-0.05, 0) is 25.0 Å². The van der Waals surface area contributed by atoms with Crippen LogP contribution in [0.1, 0.15) is 50.5 Å². The fourth-order valence-corrected chi connectivity index (χ4v) is 3.28. The van der Waals surface area contributed by atoms with Gasteiger partial charge in [-0.2, -0.15) is 0 Å². The van der Waals surface area contributed by atoms with Crippen molar-refractivity contribution in [3.63, 3.8) is 0 Å². The highest BCUT2D eigenvalue weighted by Gasteiger charge is 2.31. The van der Waals surface area contributed by atoms with Crippen LogP contribution in [0.15, 0.2) is 29.4 Å². The number of amides is 1. The summed E-state index contributed by atoms with van der Waals surface area (Å²) in [4.78, 5) is 17.8. The van der Waals surface area contributed by atoms with E-state index in [1.165, 1.54) is 25.7 Å². The van der Waals surface area contributed by atoms with E-state index in [2.05, 4.69) is 10.5 Å². The first-order valence-electron chi connectivity index (χ1n) is 8.44. The van der Waals surface area contributed by atoms with E-state index in [1.807, 2.05) is 24.3 Å². The molecule has 1 aliphatic carbocycles. The van der Waals surface area contributed by atoms with E-state index < -0.39 is 6.10 Å². The van der Waals surface area contributed by atoms with Crippen LogP contribution in [0.5, 0.6) is 5.75 Å². The van der Waals surface area contributed by atoms with E-state index in [0.29, 0.717) is 6.42 Å². The number of para-hydroxylation sites is 1. The molecule has 3 rings (SSSR count). The molecule has 1 amide bonds. The molecule has 23 heavy (non-hydrogen) atoms. The van der Waals surface area contributed by atoms with Gasteiger partial charge in [0, 0.05) is 18.0 Å². The number of carbonyl (C=O) groups is 1. The van der Waals surface area contributed by atoms with Crippen molar-refractivity contribution in [3.05, 3.63) is 29.8 Å². The molecule has 0 bridgehead atoms. The summed E-state index contributed by atoms with van der Waals surface area (Å²) in [5.41, 5.74) is 1.66. The Kier molecular flexibility index (Phi) is 5.16. The molecule has 0 radical (unpaired) electrons. The average molecular weight is 316 g/mol. The second-order valence-electron chi connectivity index (χ2n) is 6.23. The standard InChI is InChI=1S/C18H24N2O3/c1-22-16-11-7-6-10-14(16)15-12-17(23-20-15)18(21)19-13-8-4-2-3-5-9-13/h6-7,10-11,13,17H,2-5,8-9,12H2,1H3,(H,19,21). The first kappa shape index (κ1) is 15.8. The lowest BCUT2D eigenvalue weighted by Crippen LogP contribution is -2.41. The Labute approximate surface area is 137 Å². The maximum Gasteiger partial charge on any atom is 0.264 e. The van der Waals surface area contributed by atoms with E-state index in [0.717, 1.165) is 29.9 Å². The average Bonchev–Trinajstić information content (AvgIpc) is 2.94. The zero-order valence-electron chi connectivity index (χ0n) is 13.6. The van der Waals surface area contributed by atoms with Crippen LogP contribution in [-0.4, -0.2) is 30.9 Å². The van der Waals surface area contributed by atoms with E-state index in [4.69, 9.17) is 9.57 Å². The summed E-state index contributed by atoms with van der Waals surface area (Å²) in [6, 6.07) is 7.95. The van der Waals surface area contributed by atoms with Crippen LogP contribution < -0.4 is 10.1 Å². The van der Waals surface area contributed by atoms with Crippen LogP contribution in [0.3, 0.4) is 0 Å². The molecule has 124 valence electrons. The van der Waals surface area contributed by atoms with Crippen LogP contribution in [0.25, 0.3) is 0 Å². The number of methoxy groups -OCH3 is 1. The second kappa shape index (κ2) is 7.49. The Morgan fingerprint density at radius 3 is 2.70 bits per heavy atom. The molecular weight excluding hydrogens is 292 g/mol. The fourth-order valence-electron chi connectivity index (χ4n) is 3.28. The summed E-state index contributed by atoms with van der Waals surface area (Å²) in [7, 11) is 1.63. The molecule has 1 saturated carbocycles. The Balaban J connectivity index is 1.58. The van der Waals surface area contributed by atoms with Gasteiger partial charge in [-0.25, -0.2) is 0 Å². The van der Waals surface area contributed by atoms with Crippen molar-refractivity contribution in [2.45, 2.75) is 57.1 Å². The summed E-state index contributed by atoms with van der Waals surface area (Å²) in [6.45, 7) is 0. The maximum absolute atomic E-state index is 12.4. The lowest BCUT2D eigenvalue weighted by Gasteiger charge is -2.18. The molecule has 1 unspecified atom stereocenters. The van der Waals surface area contributed by atoms with Crippen LogP contribution in [0.4, 0.5) is 0 Å². The van der Waals surface area contributed by atoms with Crippen molar-refractivity contribution in [3.8, 4) is 5.75 Å². The van der Waals surface area contributed by atoms with Gasteiger partial charge in [-0.3, -0.25) is 4.79 Å². The van der Waals surface area contributed by atoms with E-state index in [-0.39, 0.29) is 11.9 Å². The van der Waals surface area contributed by atoms with Crippen LogP contribution in [0, 0.1) is 0 Å². The lowest BCUT2D eigenvalue weighted by molar-refractivity contribution is -0.132. The molecular formula is C18H24N2O3. The van der Waals surface area contributed by atoms with Gasteiger partial charge in [0.15, 0.2) is 0 Å². The van der Waals surface area contributed by atoms with Crippen LogP contribution in [-0.2, 0) is 9.63 Å². The molecule has 1 heterocycles. The van der Waals surface area contributed by atoms with Crippen molar-refractivity contribution in [1.29, 1.82) is 0 Å². The van der Waals surface area contributed by atoms with Gasteiger partial charge >= 0.3 is 0 Å². The largest absolute Gasteiger partial charge is 0.496 e. The number of nitrogens with one attached hydrogen (secondary N) is 1. The summed E-state index contributed by atoms with van der Waals surface area (Å²) in [5, 5.41) is 7.24. The fraction of sp³-hybridized carbons (Fsp3) is 0.556. The Hall–Kier alpha value is -2.04. The minimum Gasteiger partial charge on any atom is -0.496 e. The van der Waals surface area contributed by atoms with Crippen molar-refractivity contribution in [1.82, 2.24) is 5.32 Å². The molecule has 1 aliphatic heterocycles. The van der Waals surface area contributed by atoms with Gasteiger partial charge in [-0.1, -0.05) is 43.0 Å². The van der Waals surface area contributed by atoms with E-state index in [1.54, 1.807) is 7.11 Å². The van der Waals surface area contributed by atoms with Gasteiger partial charge < -0.3 is 14.9 Å². The number of carbonyl (C=O) groups excluding carboxylic acids is 1. The molecule has 0 aromatic heterocycles. The molecule has 0 spiro atoms. The Morgan fingerprint density at radius 2 is 1.96 bits per heavy atom. The van der Waals surface area contributed by atoms with E-state index in [9.17, 15) is 4.79 Å². The van der Waals surface area contributed by atoms with Crippen LogP contribution >= 0.6 is 0 Å². The molecule has 1 aromatic carbocycles. The predicted octanol–water partition coefficient (Wildman–Crippen LogP) is 3.03. The minimum absolute atomic E-state index is 0.0504.